The zero-order valence-electron chi connectivity index (χ0n) is 15.1. The molecule has 0 unspecified atom stereocenters. The van der Waals surface area contributed by atoms with Crippen molar-refractivity contribution in [3.63, 3.8) is 0 Å². The molecule has 0 aliphatic carbocycles. The zero-order valence-corrected chi connectivity index (χ0v) is 15.9. The van der Waals surface area contributed by atoms with Crippen molar-refractivity contribution >= 4 is 17.5 Å². The number of halogens is 1. The molecule has 0 spiro atoms. The quantitative estimate of drug-likeness (QED) is 0.772. The number of rotatable bonds is 6. The maximum Gasteiger partial charge on any atom is 0.260 e. The fourth-order valence-corrected chi connectivity index (χ4v) is 3.52. The second-order valence-corrected chi connectivity index (χ2v) is 7.16. The summed E-state index contributed by atoms with van der Waals surface area (Å²) in [7, 11) is 2.13. The topological polar surface area (TPSA) is 32.8 Å². The van der Waals surface area contributed by atoms with E-state index in [1.54, 1.807) is 12.1 Å². The number of benzene rings is 2. The summed E-state index contributed by atoms with van der Waals surface area (Å²) in [6.45, 7) is 2.46. The summed E-state index contributed by atoms with van der Waals surface area (Å²) < 4.78 is 5.61. The number of piperidine rings is 1. The Bertz CT molecular complexity index is 723. The van der Waals surface area contributed by atoms with Crippen molar-refractivity contribution < 1.29 is 9.53 Å². The molecule has 1 amide bonds. The van der Waals surface area contributed by atoms with Crippen molar-refractivity contribution in [3.8, 4) is 5.75 Å². The van der Waals surface area contributed by atoms with Gasteiger partial charge in [0.2, 0.25) is 0 Å². The molecule has 1 aliphatic rings. The molecule has 0 bridgehead atoms. The van der Waals surface area contributed by atoms with Crippen LogP contribution in [0.2, 0.25) is 5.02 Å². The molecule has 2 aromatic carbocycles. The normalized spacial score (nSPS) is 17.3. The third kappa shape index (κ3) is 4.99. The van der Waals surface area contributed by atoms with Gasteiger partial charge in [-0.15, -0.1) is 0 Å². The number of nitrogens with zero attached hydrogens (tertiary/aromatic N) is 2. The predicted molar refractivity (Wildman–Crippen MR) is 104 cm³/mol. The van der Waals surface area contributed by atoms with Crippen molar-refractivity contribution in [2.45, 2.75) is 25.4 Å². The standard InChI is InChI=1S/C21H25ClN2O2/c1-23(14-17-8-3-2-4-9-17)18-10-7-13-24(15-18)21(25)16-26-20-12-6-5-11-19(20)22/h2-6,8-9,11-12,18H,7,10,13-16H2,1H3/t18-/m0/s1. The lowest BCUT2D eigenvalue weighted by molar-refractivity contribution is -0.135. The number of ether oxygens (including phenoxy) is 1. The Labute approximate surface area is 160 Å². The van der Waals surface area contributed by atoms with Crippen LogP contribution in [0.25, 0.3) is 0 Å². The minimum Gasteiger partial charge on any atom is -0.482 e. The van der Waals surface area contributed by atoms with Crippen LogP contribution in [0, 0.1) is 0 Å². The average Bonchev–Trinajstić information content (AvgIpc) is 2.68. The van der Waals surface area contributed by atoms with Gasteiger partial charge in [-0.3, -0.25) is 9.69 Å². The van der Waals surface area contributed by atoms with Gasteiger partial charge in [0.25, 0.3) is 5.91 Å². The van der Waals surface area contributed by atoms with Gasteiger partial charge in [-0.25, -0.2) is 0 Å². The Kier molecular flexibility index (Phi) is 6.53. The fraction of sp³-hybridized carbons (Fsp3) is 0.381. The predicted octanol–water partition coefficient (Wildman–Crippen LogP) is 3.84. The highest BCUT2D eigenvalue weighted by Gasteiger charge is 2.26. The van der Waals surface area contributed by atoms with E-state index in [2.05, 4.69) is 36.2 Å². The van der Waals surface area contributed by atoms with Crippen molar-refractivity contribution in [3.05, 3.63) is 65.2 Å². The molecule has 138 valence electrons. The number of likely N-dealkylation sites (tertiary alicyclic amines) is 1. The van der Waals surface area contributed by atoms with E-state index in [1.165, 1.54) is 5.56 Å². The average molecular weight is 373 g/mol. The van der Waals surface area contributed by atoms with E-state index in [9.17, 15) is 4.79 Å². The van der Waals surface area contributed by atoms with Gasteiger partial charge < -0.3 is 9.64 Å². The number of para-hydroxylation sites is 1. The largest absolute Gasteiger partial charge is 0.482 e. The number of likely N-dealkylation sites (N-methyl/N-ethyl adjacent to an activating group) is 1. The van der Waals surface area contributed by atoms with Crippen LogP contribution in [-0.2, 0) is 11.3 Å². The SMILES string of the molecule is CN(Cc1ccccc1)[C@H]1CCCN(C(=O)COc2ccccc2Cl)C1. The molecule has 1 fully saturated rings. The fourth-order valence-electron chi connectivity index (χ4n) is 3.33. The number of amides is 1. The van der Waals surface area contributed by atoms with Gasteiger partial charge in [0, 0.05) is 25.7 Å². The third-order valence-corrected chi connectivity index (χ3v) is 5.15. The van der Waals surface area contributed by atoms with E-state index >= 15 is 0 Å². The number of carbonyl (C=O) groups is 1. The maximum atomic E-state index is 12.5. The highest BCUT2D eigenvalue weighted by Crippen LogP contribution is 2.23. The maximum absolute atomic E-state index is 12.5. The van der Waals surface area contributed by atoms with Gasteiger partial charge in [0.1, 0.15) is 5.75 Å². The van der Waals surface area contributed by atoms with Crippen LogP contribution in [0.3, 0.4) is 0 Å². The van der Waals surface area contributed by atoms with Crippen molar-refractivity contribution in [2.75, 3.05) is 26.7 Å². The van der Waals surface area contributed by atoms with E-state index in [0.29, 0.717) is 16.8 Å². The Morgan fingerprint density at radius 3 is 2.69 bits per heavy atom. The molecule has 3 rings (SSSR count). The lowest BCUT2D eigenvalue weighted by Crippen LogP contribution is -2.49. The van der Waals surface area contributed by atoms with Gasteiger partial charge in [-0.1, -0.05) is 54.1 Å². The smallest absolute Gasteiger partial charge is 0.260 e. The summed E-state index contributed by atoms with van der Waals surface area (Å²) in [6, 6.07) is 18.0. The minimum absolute atomic E-state index is 0.0164. The number of hydrogen-bond acceptors (Lipinski definition) is 3. The molecule has 1 atom stereocenters. The van der Waals surface area contributed by atoms with E-state index in [1.807, 2.05) is 23.1 Å². The second kappa shape index (κ2) is 9.06. The Balaban J connectivity index is 1.52. The summed E-state index contributed by atoms with van der Waals surface area (Å²) in [6.07, 6.45) is 2.13. The number of hydrogen-bond donors (Lipinski definition) is 0. The van der Waals surface area contributed by atoms with E-state index in [0.717, 1.165) is 32.5 Å². The molecule has 0 saturated carbocycles. The molecule has 2 aromatic rings. The molecule has 1 heterocycles. The van der Waals surface area contributed by atoms with E-state index < -0.39 is 0 Å². The van der Waals surface area contributed by atoms with Crippen LogP contribution in [0.1, 0.15) is 18.4 Å². The molecule has 26 heavy (non-hydrogen) atoms. The monoisotopic (exact) mass is 372 g/mol. The minimum atomic E-state index is 0.0164. The molecule has 0 aromatic heterocycles. The zero-order chi connectivity index (χ0) is 18.4. The molecule has 1 saturated heterocycles. The molecular formula is C21H25ClN2O2. The Morgan fingerprint density at radius 1 is 1.19 bits per heavy atom. The molecular weight excluding hydrogens is 348 g/mol. The van der Waals surface area contributed by atoms with Gasteiger partial charge in [0.15, 0.2) is 6.61 Å². The Hall–Kier alpha value is -2.04. The van der Waals surface area contributed by atoms with Crippen LogP contribution in [0.5, 0.6) is 5.75 Å². The molecule has 0 N–H and O–H groups in total. The lowest BCUT2D eigenvalue weighted by atomic mass is 10.0. The van der Waals surface area contributed by atoms with Crippen LogP contribution >= 0.6 is 11.6 Å². The first kappa shape index (κ1) is 18.7. The summed E-state index contributed by atoms with van der Waals surface area (Å²) >= 11 is 6.08. The molecule has 5 heteroatoms. The van der Waals surface area contributed by atoms with Crippen LogP contribution < -0.4 is 4.74 Å². The van der Waals surface area contributed by atoms with Crippen LogP contribution in [-0.4, -0.2) is 48.5 Å². The first-order valence-corrected chi connectivity index (χ1v) is 9.40. The summed E-state index contributed by atoms with van der Waals surface area (Å²) in [4.78, 5) is 16.8. The van der Waals surface area contributed by atoms with Crippen molar-refractivity contribution in [1.82, 2.24) is 9.80 Å². The molecule has 1 aliphatic heterocycles. The highest BCUT2D eigenvalue weighted by atomic mass is 35.5. The van der Waals surface area contributed by atoms with Gasteiger partial charge in [0.05, 0.1) is 5.02 Å². The van der Waals surface area contributed by atoms with Crippen LogP contribution in [0.4, 0.5) is 0 Å². The van der Waals surface area contributed by atoms with Gasteiger partial charge >= 0.3 is 0 Å². The lowest BCUT2D eigenvalue weighted by Gasteiger charge is -2.37. The first-order chi connectivity index (χ1) is 12.6. The van der Waals surface area contributed by atoms with Crippen LogP contribution in [0.15, 0.2) is 54.6 Å². The highest BCUT2D eigenvalue weighted by molar-refractivity contribution is 6.32. The summed E-state index contributed by atoms with van der Waals surface area (Å²) in [5.41, 5.74) is 1.29. The van der Waals surface area contributed by atoms with Gasteiger partial charge in [-0.05, 0) is 37.6 Å². The van der Waals surface area contributed by atoms with E-state index in [-0.39, 0.29) is 12.5 Å². The van der Waals surface area contributed by atoms with E-state index in [4.69, 9.17) is 16.3 Å². The first-order valence-electron chi connectivity index (χ1n) is 9.03. The molecule has 0 radical (unpaired) electrons. The second-order valence-electron chi connectivity index (χ2n) is 6.76. The molecule has 4 nitrogen and oxygen atoms in total. The number of carbonyl (C=O) groups excluding carboxylic acids is 1. The van der Waals surface area contributed by atoms with Crippen molar-refractivity contribution in [2.24, 2.45) is 0 Å². The summed E-state index contributed by atoms with van der Waals surface area (Å²) in [5, 5.41) is 0.527. The Morgan fingerprint density at radius 2 is 1.92 bits per heavy atom. The van der Waals surface area contributed by atoms with Gasteiger partial charge in [-0.2, -0.15) is 0 Å². The summed E-state index contributed by atoms with van der Waals surface area (Å²) in [5.74, 6) is 0.569. The van der Waals surface area contributed by atoms with Crippen molar-refractivity contribution in [1.29, 1.82) is 0 Å². The third-order valence-electron chi connectivity index (χ3n) is 4.84.